The number of fused-ring (bicyclic) bond motifs is 1. The molecule has 0 radical (unpaired) electrons. The molecule has 0 saturated heterocycles. The van der Waals surface area contributed by atoms with E-state index in [4.69, 9.17) is 0 Å². The Kier molecular flexibility index (Phi) is 3.85. The predicted octanol–water partition coefficient (Wildman–Crippen LogP) is 5.62. The maximum absolute atomic E-state index is 2.32. The molecule has 0 spiro atoms. The SMILES string of the molecule is Cc1ccccc1-c1cccc(-c2c(C)ccc3ccccc23)[n+]1C. The first kappa shape index (κ1) is 15.6. The first-order valence-corrected chi connectivity index (χ1v) is 8.70. The third-order valence-electron chi connectivity index (χ3n) is 5.05. The van der Waals surface area contributed by atoms with Crippen LogP contribution in [-0.4, -0.2) is 0 Å². The monoisotopic (exact) mass is 324 g/mol. The average Bonchev–Trinajstić information content (AvgIpc) is 2.63. The maximum Gasteiger partial charge on any atom is 0.213 e. The molecule has 0 N–H and O–H groups in total. The molecule has 3 aromatic carbocycles. The van der Waals surface area contributed by atoms with Crippen molar-refractivity contribution < 1.29 is 4.57 Å². The van der Waals surface area contributed by atoms with Gasteiger partial charge in [0, 0.05) is 17.7 Å². The molecule has 4 aromatic rings. The zero-order chi connectivity index (χ0) is 17.4. The van der Waals surface area contributed by atoms with E-state index in [0.29, 0.717) is 0 Å². The van der Waals surface area contributed by atoms with Gasteiger partial charge in [0.15, 0.2) is 0 Å². The average molecular weight is 324 g/mol. The second-order valence-corrected chi connectivity index (χ2v) is 6.65. The summed E-state index contributed by atoms with van der Waals surface area (Å²) >= 11 is 0. The lowest BCUT2D eigenvalue weighted by molar-refractivity contribution is -0.649. The van der Waals surface area contributed by atoms with Gasteiger partial charge in [-0.2, -0.15) is 4.57 Å². The van der Waals surface area contributed by atoms with Gasteiger partial charge in [-0.15, -0.1) is 0 Å². The van der Waals surface area contributed by atoms with Crippen LogP contribution in [0.2, 0.25) is 0 Å². The van der Waals surface area contributed by atoms with Crippen LogP contribution in [0.5, 0.6) is 0 Å². The second kappa shape index (κ2) is 6.18. The molecule has 0 bridgehead atoms. The van der Waals surface area contributed by atoms with Crippen LogP contribution >= 0.6 is 0 Å². The van der Waals surface area contributed by atoms with Crippen molar-refractivity contribution in [3.05, 3.63) is 90.0 Å². The molecule has 0 fully saturated rings. The number of hydrogen-bond acceptors (Lipinski definition) is 0. The summed E-state index contributed by atoms with van der Waals surface area (Å²) in [6.07, 6.45) is 0. The number of aryl methyl sites for hydroxylation is 2. The van der Waals surface area contributed by atoms with Crippen molar-refractivity contribution in [2.24, 2.45) is 7.05 Å². The first-order chi connectivity index (χ1) is 12.2. The Hall–Kier alpha value is -2.93. The Balaban J connectivity index is 2.02. The molecule has 1 heteroatoms. The van der Waals surface area contributed by atoms with E-state index in [1.54, 1.807) is 0 Å². The molecule has 0 unspecified atom stereocenters. The summed E-state index contributed by atoms with van der Waals surface area (Å²) in [4.78, 5) is 0. The van der Waals surface area contributed by atoms with Crippen LogP contribution in [0.15, 0.2) is 78.9 Å². The quantitative estimate of drug-likeness (QED) is 0.422. The van der Waals surface area contributed by atoms with Crippen LogP contribution in [-0.2, 0) is 7.05 Å². The summed E-state index contributed by atoms with van der Waals surface area (Å²) < 4.78 is 2.32. The first-order valence-electron chi connectivity index (χ1n) is 8.70. The number of rotatable bonds is 2. The largest absolute Gasteiger partial charge is 0.213 e. The van der Waals surface area contributed by atoms with Gasteiger partial charge < -0.3 is 0 Å². The molecule has 1 aromatic heterocycles. The van der Waals surface area contributed by atoms with Crippen LogP contribution in [0.3, 0.4) is 0 Å². The standard InChI is InChI=1S/C24H22N/c1-17-9-4-6-11-20(17)22-13-8-14-23(25(22)3)24-18(2)15-16-19-10-5-7-12-21(19)24/h4-16H,1-3H3/q+1. The molecular weight excluding hydrogens is 302 g/mol. The highest BCUT2D eigenvalue weighted by Gasteiger charge is 2.20. The highest BCUT2D eigenvalue weighted by Crippen LogP contribution is 2.31. The highest BCUT2D eigenvalue weighted by atomic mass is 14.9. The predicted molar refractivity (Wildman–Crippen MR) is 105 cm³/mol. The van der Waals surface area contributed by atoms with Gasteiger partial charge in [-0.05, 0) is 47.9 Å². The fraction of sp³-hybridized carbons (Fsp3) is 0.125. The minimum absolute atomic E-state index is 1.24. The van der Waals surface area contributed by atoms with Crippen molar-refractivity contribution in [1.82, 2.24) is 0 Å². The van der Waals surface area contributed by atoms with Gasteiger partial charge in [0.05, 0.1) is 5.56 Å². The molecule has 4 rings (SSSR count). The molecule has 0 saturated carbocycles. The Morgan fingerprint density at radius 2 is 1.32 bits per heavy atom. The molecule has 0 aliphatic rings. The van der Waals surface area contributed by atoms with E-state index >= 15 is 0 Å². The summed E-state index contributed by atoms with van der Waals surface area (Å²) in [5, 5.41) is 2.59. The molecular formula is C24H22N+. The summed E-state index contributed by atoms with van der Waals surface area (Å²) in [6, 6.07) is 28.2. The number of aromatic nitrogens is 1. The summed E-state index contributed by atoms with van der Waals surface area (Å²) in [5.74, 6) is 0. The number of benzene rings is 3. The Bertz CT molecular complexity index is 1080. The number of pyridine rings is 1. The lowest BCUT2D eigenvalue weighted by atomic mass is 9.96. The normalized spacial score (nSPS) is 11.0. The van der Waals surface area contributed by atoms with Gasteiger partial charge >= 0.3 is 0 Å². The van der Waals surface area contributed by atoms with Crippen molar-refractivity contribution in [3.8, 4) is 22.5 Å². The van der Waals surface area contributed by atoms with Gasteiger partial charge in [-0.25, -0.2) is 0 Å². The van der Waals surface area contributed by atoms with Gasteiger partial charge in [0.25, 0.3) is 0 Å². The molecule has 25 heavy (non-hydrogen) atoms. The van der Waals surface area contributed by atoms with E-state index in [2.05, 4.69) is 104 Å². The summed E-state index contributed by atoms with van der Waals surface area (Å²) in [5.41, 5.74) is 7.68. The van der Waals surface area contributed by atoms with Crippen molar-refractivity contribution in [2.45, 2.75) is 13.8 Å². The highest BCUT2D eigenvalue weighted by molar-refractivity contribution is 5.96. The van der Waals surface area contributed by atoms with E-state index in [-0.39, 0.29) is 0 Å². The number of hydrogen-bond donors (Lipinski definition) is 0. The lowest BCUT2D eigenvalue weighted by Crippen LogP contribution is -2.34. The Morgan fingerprint density at radius 1 is 0.600 bits per heavy atom. The molecule has 0 atom stereocenters. The Labute approximate surface area is 149 Å². The minimum Gasteiger partial charge on any atom is -0.194 e. The van der Waals surface area contributed by atoms with Crippen molar-refractivity contribution in [3.63, 3.8) is 0 Å². The third-order valence-corrected chi connectivity index (χ3v) is 5.05. The third kappa shape index (κ3) is 2.62. The lowest BCUT2D eigenvalue weighted by Gasteiger charge is -2.11. The zero-order valence-electron chi connectivity index (χ0n) is 15.0. The molecule has 0 aliphatic carbocycles. The van der Waals surface area contributed by atoms with E-state index < -0.39 is 0 Å². The molecule has 0 aliphatic heterocycles. The van der Waals surface area contributed by atoms with Crippen LogP contribution in [0, 0.1) is 13.8 Å². The van der Waals surface area contributed by atoms with E-state index in [1.807, 2.05) is 0 Å². The van der Waals surface area contributed by atoms with Crippen molar-refractivity contribution >= 4 is 10.8 Å². The molecule has 122 valence electrons. The summed E-state index contributed by atoms with van der Waals surface area (Å²) in [6.45, 7) is 4.37. The maximum atomic E-state index is 2.32. The fourth-order valence-electron chi connectivity index (χ4n) is 3.69. The van der Waals surface area contributed by atoms with E-state index in [0.717, 1.165) is 0 Å². The van der Waals surface area contributed by atoms with Crippen LogP contribution < -0.4 is 4.57 Å². The molecule has 1 heterocycles. The van der Waals surface area contributed by atoms with Crippen LogP contribution in [0.1, 0.15) is 11.1 Å². The van der Waals surface area contributed by atoms with Crippen LogP contribution in [0.25, 0.3) is 33.3 Å². The van der Waals surface area contributed by atoms with Gasteiger partial charge in [0.1, 0.15) is 7.05 Å². The smallest absolute Gasteiger partial charge is 0.194 e. The molecule has 1 nitrogen and oxygen atoms in total. The van der Waals surface area contributed by atoms with Crippen molar-refractivity contribution in [1.29, 1.82) is 0 Å². The van der Waals surface area contributed by atoms with E-state index in [9.17, 15) is 0 Å². The summed E-state index contributed by atoms with van der Waals surface area (Å²) in [7, 11) is 2.16. The fourth-order valence-corrected chi connectivity index (χ4v) is 3.69. The number of nitrogens with zero attached hydrogens (tertiary/aromatic N) is 1. The Morgan fingerprint density at radius 3 is 2.16 bits per heavy atom. The van der Waals surface area contributed by atoms with Gasteiger partial charge in [-0.3, -0.25) is 0 Å². The topological polar surface area (TPSA) is 3.88 Å². The minimum atomic E-state index is 1.24. The van der Waals surface area contributed by atoms with Gasteiger partial charge in [0.2, 0.25) is 11.4 Å². The second-order valence-electron chi connectivity index (χ2n) is 6.65. The van der Waals surface area contributed by atoms with E-state index in [1.165, 1.54) is 44.4 Å². The molecule has 0 amide bonds. The zero-order valence-corrected chi connectivity index (χ0v) is 15.0. The van der Waals surface area contributed by atoms with Crippen molar-refractivity contribution in [2.75, 3.05) is 0 Å². The van der Waals surface area contributed by atoms with Gasteiger partial charge in [-0.1, -0.05) is 54.6 Å². The van der Waals surface area contributed by atoms with Crippen LogP contribution in [0.4, 0.5) is 0 Å².